The molecule has 2 heteroatoms. The van der Waals surface area contributed by atoms with Gasteiger partial charge in [0.05, 0.1) is 0 Å². The Balaban J connectivity index is 1.84. The van der Waals surface area contributed by atoms with Crippen molar-refractivity contribution >= 4 is 5.69 Å². The largest absolute Gasteiger partial charge is 0.371 e. The van der Waals surface area contributed by atoms with E-state index in [-0.39, 0.29) is 0 Å². The summed E-state index contributed by atoms with van der Waals surface area (Å²) in [6, 6.07) is 6.89. The second kappa shape index (κ2) is 4.02. The van der Waals surface area contributed by atoms with Gasteiger partial charge in [0.2, 0.25) is 0 Å². The summed E-state index contributed by atoms with van der Waals surface area (Å²) >= 11 is 0. The van der Waals surface area contributed by atoms with Crippen molar-refractivity contribution in [2.24, 2.45) is 11.1 Å². The van der Waals surface area contributed by atoms with Gasteiger partial charge >= 0.3 is 0 Å². The highest BCUT2D eigenvalue weighted by Gasteiger charge is 2.43. The molecule has 17 heavy (non-hydrogen) atoms. The average Bonchev–Trinajstić information content (AvgIpc) is 3.09. The summed E-state index contributed by atoms with van der Waals surface area (Å²) in [6.45, 7) is 5.41. The quantitative estimate of drug-likeness (QED) is 0.864. The first-order valence-corrected chi connectivity index (χ1v) is 6.77. The van der Waals surface area contributed by atoms with Crippen LogP contribution in [0.4, 0.5) is 5.69 Å². The molecule has 1 aliphatic carbocycles. The van der Waals surface area contributed by atoms with E-state index < -0.39 is 0 Å². The summed E-state index contributed by atoms with van der Waals surface area (Å²) in [4.78, 5) is 2.57. The summed E-state index contributed by atoms with van der Waals surface area (Å²) in [5.74, 6) is 0. The first-order chi connectivity index (χ1) is 8.22. The maximum atomic E-state index is 5.90. The fourth-order valence-electron chi connectivity index (χ4n) is 2.98. The minimum Gasteiger partial charge on any atom is -0.371 e. The lowest BCUT2D eigenvalue weighted by Gasteiger charge is -2.34. The summed E-state index contributed by atoms with van der Waals surface area (Å²) in [5.41, 5.74) is 10.7. The molecule has 1 aliphatic heterocycles. The molecule has 0 aromatic heterocycles. The van der Waals surface area contributed by atoms with Crippen molar-refractivity contribution in [3.63, 3.8) is 0 Å². The van der Waals surface area contributed by atoms with Crippen LogP contribution in [0.25, 0.3) is 0 Å². The molecular weight excluding hydrogens is 208 g/mol. The van der Waals surface area contributed by atoms with E-state index in [9.17, 15) is 0 Å². The summed E-state index contributed by atoms with van der Waals surface area (Å²) in [7, 11) is 0. The fraction of sp³-hybridized carbons (Fsp3) is 0.600. The second-order valence-electron chi connectivity index (χ2n) is 5.86. The Kier molecular flexibility index (Phi) is 2.62. The second-order valence-corrected chi connectivity index (χ2v) is 5.86. The van der Waals surface area contributed by atoms with Crippen molar-refractivity contribution in [2.45, 2.75) is 32.6 Å². The van der Waals surface area contributed by atoms with Gasteiger partial charge < -0.3 is 10.6 Å². The van der Waals surface area contributed by atoms with Gasteiger partial charge in [0.25, 0.3) is 0 Å². The molecule has 0 bridgehead atoms. The molecule has 1 fully saturated rings. The molecule has 0 unspecified atom stereocenters. The maximum absolute atomic E-state index is 5.90. The number of anilines is 1. The highest BCUT2D eigenvalue weighted by molar-refractivity contribution is 5.57. The smallest absolute Gasteiger partial charge is 0.0399 e. The topological polar surface area (TPSA) is 29.3 Å². The van der Waals surface area contributed by atoms with Crippen molar-refractivity contribution < 1.29 is 0 Å². The van der Waals surface area contributed by atoms with Gasteiger partial charge in [-0.2, -0.15) is 0 Å². The SMILES string of the molecule is Cc1ccc2c(c1)CCCN2CC1(CN)CC1. The monoisotopic (exact) mass is 230 g/mol. The predicted octanol–water partition coefficient (Wildman–Crippen LogP) is 2.49. The molecule has 1 heterocycles. The number of rotatable bonds is 3. The van der Waals surface area contributed by atoms with Crippen LogP contribution in [0.1, 0.15) is 30.4 Å². The standard InChI is InChI=1S/C15H22N2/c1-12-4-5-14-13(9-12)3-2-8-17(14)11-15(10-16)6-7-15/h4-5,9H,2-3,6-8,10-11,16H2,1H3. The molecular formula is C15H22N2. The van der Waals surface area contributed by atoms with Gasteiger partial charge in [-0.05, 0) is 50.8 Å². The van der Waals surface area contributed by atoms with Crippen molar-refractivity contribution in [3.8, 4) is 0 Å². The third-order valence-corrected chi connectivity index (χ3v) is 4.37. The van der Waals surface area contributed by atoms with Crippen molar-refractivity contribution in [1.29, 1.82) is 0 Å². The number of aryl methyl sites for hydroxylation is 2. The fourth-order valence-corrected chi connectivity index (χ4v) is 2.98. The summed E-state index contributed by atoms with van der Waals surface area (Å²) in [5, 5.41) is 0. The first-order valence-electron chi connectivity index (χ1n) is 6.77. The first kappa shape index (κ1) is 11.1. The maximum Gasteiger partial charge on any atom is 0.0399 e. The highest BCUT2D eigenvalue weighted by atomic mass is 15.2. The lowest BCUT2D eigenvalue weighted by molar-refractivity contribution is 0.498. The molecule has 0 saturated heterocycles. The van der Waals surface area contributed by atoms with E-state index in [4.69, 9.17) is 5.73 Å². The van der Waals surface area contributed by atoms with Crippen LogP contribution >= 0.6 is 0 Å². The van der Waals surface area contributed by atoms with Crippen LogP contribution in [-0.2, 0) is 6.42 Å². The van der Waals surface area contributed by atoms with E-state index in [0.29, 0.717) is 5.41 Å². The van der Waals surface area contributed by atoms with Crippen LogP contribution < -0.4 is 10.6 Å². The number of hydrogen-bond donors (Lipinski definition) is 1. The lowest BCUT2D eigenvalue weighted by atomic mass is 9.97. The van der Waals surface area contributed by atoms with Crippen LogP contribution in [0.3, 0.4) is 0 Å². The Morgan fingerprint density at radius 1 is 1.35 bits per heavy atom. The lowest BCUT2D eigenvalue weighted by Crippen LogP contribution is -2.37. The minimum atomic E-state index is 0.444. The van der Waals surface area contributed by atoms with Gasteiger partial charge in [-0.1, -0.05) is 17.7 Å². The zero-order valence-corrected chi connectivity index (χ0v) is 10.7. The number of nitrogens with two attached hydrogens (primary N) is 1. The zero-order valence-electron chi connectivity index (χ0n) is 10.7. The average molecular weight is 230 g/mol. The van der Waals surface area contributed by atoms with Gasteiger partial charge in [0.1, 0.15) is 0 Å². The van der Waals surface area contributed by atoms with Crippen molar-refractivity contribution in [2.75, 3.05) is 24.5 Å². The molecule has 3 rings (SSSR count). The van der Waals surface area contributed by atoms with Crippen LogP contribution in [0.2, 0.25) is 0 Å². The number of benzene rings is 1. The normalized spacial score (nSPS) is 21.2. The molecule has 2 aliphatic rings. The highest BCUT2D eigenvalue weighted by Crippen LogP contribution is 2.46. The Morgan fingerprint density at radius 3 is 2.88 bits per heavy atom. The summed E-state index contributed by atoms with van der Waals surface area (Å²) in [6.07, 6.45) is 5.17. The molecule has 0 atom stereocenters. The molecule has 92 valence electrons. The van der Waals surface area contributed by atoms with E-state index in [2.05, 4.69) is 30.0 Å². The number of hydrogen-bond acceptors (Lipinski definition) is 2. The minimum absolute atomic E-state index is 0.444. The number of fused-ring (bicyclic) bond motifs is 1. The van der Waals surface area contributed by atoms with E-state index in [1.807, 2.05) is 0 Å². The molecule has 2 N–H and O–H groups in total. The van der Waals surface area contributed by atoms with E-state index in [1.54, 1.807) is 0 Å². The van der Waals surface area contributed by atoms with Crippen LogP contribution in [0, 0.1) is 12.3 Å². The molecule has 1 aromatic rings. The third kappa shape index (κ3) is 2.06. The molecule has 0 radical (unpaired) electrons. The molecule has 1 saturated carbocycles. The van der Waals surface area contributed by atoms with E-state index in [1.165, 1.54) is 55.6 Å². The van der Waals surface area contributed by atoms with Gasteiger partial charge in [0.15, 0.2) is 0 Å². The van der Waals surface area contributed by atoms with Gasteiger partial charge in [-0.25, -0.2) is 0 Å². The molecule has 2 nitrogen and oxygen atoms in total. The van der Waals surface area contributed by atoms with Gasteiger partial charge in [0, 0.05) is 24.2 Å². The Labute approximate surface area is 104 Å². The van der Waals surface area contributed by atoms with Crippen LogP contribution in [-0.4, -0.2) is 19.6 Å². The van der Waals surface area contributed by atoms with Gasteiger partial charge in [-0.15, -0.1) is 0 Å². The van der Waals surface area contributed by atoms with E-state index in [0.717, 1.165) is 6.54 Å². The van der Waals surface area contributed by atoms with E-state index >= 15 is 0 Å². The Hall–Kier alpha value is -1.02. The Morgan fingerprint density at radius 2 is 2.18 bits per heavy atom. The molecule has 1 aromatic carbocycles. The Bertz CT molecular complexity index is 421. The summed E-state index contributed by atoms with van der Waals surface area (Å²) < 4.78 is 0. The molecule has 0 spiro atoms. The van der Waals surface area contributed by atoms with Crippen LogP contribution in [0.15, 0.2) is 18.2 Å². The molecule has 0 amide bonds. The van der Waals surface area contributed by atoms with Crippen molar-refractivity contribution in [1.82, 2.24) is 0 Å². The zero-order chi connectivity index (χ0) is 11.9. The van der Waals surface area contributed by atoms with Gasteiger partial charge in [-0.3, -0.25) is 0 Å². The predicted molar refractivity (Wildman–Crippen MR) is 72.4 cm³/mol. The number of nitrogens with zero attached hydrogens (tertiary/aromatic N) is 1. The van der Waals surface area contributed by atoms with Crippen LogP contribution in [0.5, 0.6) is 0 Å². The third-order valence-electron chi connectivity index (χ3n) is 4.37. The van der Waals surface area contributed by atoms with Crippen molar-refractivity contribution in [3.05, 3.63) is 29.3 Å².